The lowest BCUT2D eigenvalue weighted by atomic mass is 9.98. The molecule has 1 unspecified atom stereocenters. The number of hydrogen-bond donors (Lipinski definition) is 0. The molecule has 0 amide bonds. The van der Waals surface area contributed by atoms with Gasteiger partial charge in [0.1, 0.15) is 6.29 Å². The Balaban J connectivity index is 3.09. The van der Waals surface area contributed by atoms with Crippen LogP contribution < -0.4 is 0 Å². The number of aldehydes is 1. The first-order valence-corrected chi connectivity index (χ1v) is 4.66. The van der Waals surface area contributed by atoms with Gasteiger partial charge in [-0.05, 0) is 30.2 Å². The van der Waals surface area contributed by atoms with Gasteiger partial charge >= 0.3 is 0 Å². The van der Waals surface area contributed by atoms with E-state index in [4.69, 9.17) is 0 Å². The normalized spacial score (nSPS) is 12.6. The Morgan fingerprint density at radius 3 is 2.67 bits per heavy atom. The number of hydrogen-bond acceptors (Lipinski definition) is 1. The van der Waals surface area contributed by atoms with Gasteiger partial charge in [-0.1, -0.05) is 28.9 Å². The highest BCUT2D eigenvalue weighted by atomic mass is 79.9. The molecular weight excluding hydrogens is 216 g/mol. The molecule has 0 heterocycles. The lowest BCUT2D eigenvalue weighted by molar-refractivity contribution is -0.108. The van der Waals surface area contributed by atoms with Gasteiger partial charge in [-0.3, -0.25) is 0 Å². The molecular formula is C10H11BrO. The summed E-state index contributed by atoms with van der Waals surface area (Å²) in [5.74, 6) is -0.00176. The van der Waals surface area contributed by atoms with Crippen LogP contribution in [-0.2, 0) is 4.79 Å². The van der Waals surface area contributed by atoms with Crippen LogP contribution in [0.3, 0.4) is 0 Å². The van der Waals surface area contributed by atoms with E-state index in [1.807, 2.05) is 32.0 Å². The van der Waals surface area contributed by atoms with Gasteiger partial charge < -0.3 is 4.79 Å². The maximum absolute atomic E-state index is 10.5. The van der Waals surface area contributed by atoms with Crippen LogP contribution in [0.2, 0.25) is 0 Å². The van der Waals surface area contributed by atoms with Crippen molar-refractivity contribution >= 4 is 22.2 Å². The molecule has 0 radical (unpaired) electrons. The fraction of sp³-hybridized carbons (Fsp3) is 0.300. The monoisotopic (exact) mass is 226 g/mol. The molecule has 0 aliphatic heterocycles. The number of halogens is 1. The van der Waals surface area contributed by atoms with Crippen LogP contribution in [0.25, 0.3) is 0 Å². The highest BCUT2D eigenvalue weighted by molar-refractivity contribution is 9.10. The van der Waals surface area contributed by atoms with Crippen molar-refractivity contribution < 1.29 is 4.79 Å². The van der Waals surface area contributed by atoms with Crippen molar-refractivity contribution in [1.82, 2.24) is 0 Å². The standard InChI is InChI=1S/C10H11BrO/c1-7-5-9(11)3-4-10(7)8(2)6-12/h3-6,8H,1-2H3. The number of rotatable bonds is 2. The average Bonchev–Trinajstić information content (AvgIpc) is 2.03. The fourth-order valence-electron chi connectivity index (χ4n) is 1.22. The third-order valence-electron chi connectivity index (χ3n) is 1.93. The molecule has 1 atom stereocenters. The molecule has 0 fully saturated rings. The molecule has 0 N–H and O–H groups in total. The number of carbonyl (C=O) groups is 1. The first-order chi connectivity index (χ1) is 5.65. The van der Waals surface area contributed by atoms with Gasteiger partial charge in [-0.15, -0.1) is 0 Å². The molecule has 2 heteroatoms. The van der Waals surface area contributed by atoms with Crippen LogP contribution in [0.4, 0.5) is 0 Å². The summed E-state index contributed by atoms with van der Waals surface area (Å²) in [6, 6.07) is 5.97. The second-order valence-electron chi connectivity index (χ2n) is 2.93. The van der Waals surface area contributed by atoms with Crippen molar-refractivity contribution in [2.24, 2.45) is 0 Å². The predicted molar refractivity (Wildman–Crippen MR) is 53.4 cm³/mol. The largest absolute Gasteiger partial charge is 0.303 e. The lowest BCUT2D eigenvalue weighted by Gasteiger charge is -2.07. The van der Waals surface area contributed by atoms with Crippen molar-refractivity contribution in [3.05, 3.63) is 33.8 Å². The topological polar surface area (TPSA) is 17.1 Å². The third kappa shape index (κ3) is 1.95. The maximum Gasteiger partial charge on any atom is 0.127 e. The average molecular weight is 227 g/mol. The van der Waals surface area contributed by atoms with Crippen LogP contribution in [0, 0.1) is 6.92 Å². The van der Waals surface area contributed by atoms with E-state index in [2.05, 4.69) is 15.9 Å². The van der Waals surface area contributed by atoms with E-state index >= 15 is 0 Å². The van der Waals surface area contributed by atoms with E-state index in [0.29, 0.717) is 0 Å². The molecule has 0 aliphatic rings. The maximum atomic E-state index is 10.5. The SMILES string of the molecule is Cc1cc(Br)ccc1C(C)C=O. The van der Waals surface area contributed by atoms with Gasteiger partial charge in [0.2, 0.25) is 0 Å². The summed E-state index contributed by atoms with van der Waals surface area (Å²) in [5.41, 5.74) is 2.26. The Morgan fingerprint density at radius 2 is 2.17 bits per heavy atom. The molecule has 0 aliphatic carbocycles. The van der Waals surface area contributed by atoms with Gasteiger partial charge in [-0.2, -0.15) is 0 Å². The van der Waals surface area contributed by atoms with E-state index in [9.17, 15) is 4.79 Å². The molecule has 64 valence electrons. The van der Waals surface area contributed by atoms with Crippen LogP contribution in [0.5, 0.6) is 0 Å². The molecule has 1 rings (SSSR count). The summed E-state index contributed by atoms with van der Waals surface area (Å²) < 4.78 is 1.06. The summed E-state index contributed by atoms with van der Waals surface area (Å²) >= 11 is 3.38. The highest BCUT2D eigenvalue weighted by Crippen LogP contribution is 2.21. The van der Waals surface area contributed by atoms with Crippen LogP contribution in [0.15, 0.2) is 22.7 Å². The zero-order valence-corrected chi connectivity index (χ0v) is 8.76. The molecule has 0 spiro atoms. The second-order valence-corrected chi connectivity index (χ2v) is 3.84. The Morgan fingerprint density at radius 1 is 1.50 bits per heavy atom. The Kier molecular flexibility index (Phi) is 3.04. The van der Waals surface area contributed by atoms with Gasteiger partial charge in [0.15, 0.2) is 0 Å². The highest BCUT2D eigenvalue weighted by Gasteiger charge is 2.06. The smallest absolute Gasteiger partial charge is 0.127 e. The van der Waals surface area contributed by atoms with Gasteiger partial charge in [-0.25, -0.2) is 0 Å². The summed E-state index contributed by atoms with van der Waals surface area (Å²) in [7, 11) is 0. The van der Waals surface area contributed by atoms with E-state index in [-0.39, 0.29) is 5.92 Å². The van der Waals surface area contributed by atoms with E-state index < -0.39 is 0 Å². The van der Waals surface area contributed by atoms with E-state index in [1.165, 1.54) is 0 Å². The number of benzene rings is 1. The molecule has 1 aromatic rings. The molecule has 0 bridgehead atoms. The van der Waals surface area contributed by atoms with Crippen molar-refractivity contribution in [3.8, 4) is 0 Å². The van der Waals surface area contributed by atoms with Gasteiger partial charge in [0, 0.05) is 10.4 Å². The summed E-state index contributed by atoms with van der Waals surface area (Å²) in [5, 5.41) is 0. The van der Waals surface area contributed by atoms with Crippen molar-refractivity contribution in [2.45, 2.75) is 19.8 Å². The minimum Gasteiger partial charge on any atom is -0.303 e. The van der Waals surface area contributed by atoms with Crippen molar-refractivity contribution in [2.75, 3.05) is 0 Å². The zero-order chi connectivity index (χ0) is 9.14. The van der Waals surface area contributed by atoms with E-state index in [1.54, 1.807) is 0 Å². The molecule has 0 saturated carbocycles. The first-order valence-electron chi connectivity index (χ1n) is 3.86. The van der Waals surface area contributed by atoms with Gasteiger partial charge in [0.05, 0.1) is 0 Å². The predicted octanol–water partition coefficient (Wildman–Crippen LogP) is 3.06. The molecule has 1 nitrogen and oxygen atoms in total. The van der Waals surface area contributed by atoms with Crippen LogP contribution in [-0.4, -0.2) is 6.29 Å². The number of aryl methyl sites for hydroxylation is 1. The summed E-state index contributed by atoms with van der Waals surface area (Å²) in [4.78, 5) is 10.5. The third-order valence-corrected chi connectivity index (χ3v) is 2.42. The van der Waals surface area contributed by atoms with Crippen LogP contribution >= 0.6 is 15.9 Å². The van der Waals surface area contributed by atoms with Gasteiger partial charge in [0.25, 0.3) is 0 Å². The zero-order valence-electron chi connectivity index (χ0n) is 7.17. The minimum atomic E-state index is -0.00176. The lowest BCUT2D eigenvalue weighted by Crippen LogP contribution is -1.96. The Bertz CT molecular complexity index is 294. The molecule has 1 aromatic carbocycles. The number of carbonyl (C=O) groups excluding carboxylic acids is 1. The Labute approximate surface area is 80.9 Å². The van der Waals surface area contributed by atoms with Crippen molar-refractivity contribution in [1.29, 1.82) is 0 Å². The van der Waals surface area contributed by atoms with Crippen LogP contribution in [0.1, 0.15) is 24.0 Å². The van der Waals surface area contributed by atoms with E-state index in [0.717, 1.165) is 21.9 Å². The molecule has 0 aromatic heterocycles. The summed E-state index contributed by atoms with van der Waals surface area (Å²) in [6.45, 7) is 3.92. The Hall–Kier alpha value is -0.630. The first kappa shape index (κ1) is 9.46. The minimum absolute atomic E-state index is 0.00176. The quantitative estimate of drug-likeness (QED) is 0.709. The second kappa shape index (κ2) is 3.85. The molecule has 0 saturated heterocycles. The summed E-state index contributed by atoms with van der Waals surface area (Å²) in [6.07, 6.45) is 0.968. The van der Waals surface area contributed by atoms with Crippen molar-refractivity contribution in [3.63, 3.8) is 0 Å². The fourth-order valence-corrected chi connectivity index (χ4v) is 1.70. The molecule has 12 heavy (non-hydrogen) atoms.